The number of hydrogen-bond acceptors (Lipinski definition) is 5. The Kier molecular flexibility index (Phi) is 2.85. The number of nitrogens with zero attached hydrogens (tertiary/aromatic N) is 1. The topological polar surface area (TPSA) is 87.8 Å². The molecule has 102 valence electrons. The van der Waals surface area contributed by atoms with Crippen LogP contribution in [0.2, 0.25) is 0 Å². The number of carbonyl (C=O) groups excluding carboxylic acids is 1. The number of fused-ring (bicyclic) bond motifs is 2. The van der Waals surface area contributed by atoms with Crippen LogP contribution in [0.3, 0.4) is 0 Å². The zero-order chi connectivity index (χ0) is 12.8. The van der Waals surface area contributed by atoms with Crippen LogP contribution in [0.15, 0.2) is 0 Å². The minimum atomic E-state index is -0.710. The average Bonchev–Trinajstić information content (AvgIpc) is 2.77. The van der Waals surface area contributed by atoms with Gasteiger partial charge in [0.25, 0.3) is 5.91 Å². The molecule has 0 aromatic heterocycles. The van der Waals surface area contributed by atoms with Gasteiger partial charge in [-0.1, -0.05) is 0 Å². The smallest absolute Gasteiger partial charge is 0.255 e. The van der Waals surface area contributed by atoms with Gasteiger partial charge in [0.15, 0.2) is 0 Å². The van der Waals surface area contributed by atoms with E-state index in [-0.39, 0.29) is 11.4 Å². The first kappa shape index (κ1) is 12.3. The standard InChI is InChI=1S/C12H21N3O3/c13-11-1-2-12(7-11,18-8-11)10(17)15-4-3-14-5-9(16)6-15/h9,14,16H,1-8,13H2. The van der Waals surface area contributed by atoms with Crippen molar-refractivity contribution in [2.24, 2.45) is 5.73 Å². The fraction of sp³-hybridized carbons (Fsp3) is 0.917. The minimum Gasteiger partial charge on any atom is -0.390 e. The molecule has 2 heterocycles. The number of carbonyl (C=O) groups is 1. The van der Waals surface area contributed by atoms with Crippen LogP contribution in [0.1, 0.15) is 19.3 Å². The molecule has 3 aliphatic rings. The largest absolute Gasteiger partial charge is 0.390 e. The number of aliphatic hydroxyl groups is 1. The molecule has 1 aliphatic carbocycles. The van der Waals surface area contributed by atoms with Crippen LogP contribution < -0.4 is 11.1 Å². The first-order chi connectivity index (χ1) is 8.53. The van der Waals surface area contributed by atoms with Gasteiger partial charge in [0.1, 0.15) is 5.60 Å². The summed E-state index contributed by atoms with van der Waals surface area (Å²) in [6, 6.07) is 0. The Balaban J connectivity index is 1.74. The summed E-state index contributed by atoms with van der Waals surface area (Å²) in [5, 5.41) is 12.9. The molecule has 3 unspecified atom stereocenters. The first-order valence-electron chi connectivity index (χ1n) is 6.64. The van der Waals surface area contributed by atoms with Gasteiger partial charge in [0.2, 0.25) is 0 Å². The van der Waals surface area contributed by atoms with Crippen molar-refractivity contribution in [3.63, 3.8) is 0 Å². The van der Waals surface area contributed by atoms with E-state index in [0.29, 0.717) is 45.6 Å². The quantitative estimate of drug-likeness (QED) is 0.527. The van der Waals surface area contributed by atoms with E-state index in [2.05, 4.69) is 5.32 Å². The number of nitrogens with two attached hydrogens (primary N) is 1. The van der Waals surface area contributed by atoms with E-state index in [1.165, 1.54) is 0 Å². The van der Waals surface area contributed by atoms with Gasteiger partial charge >= 0.3 is 0 Å². The average molecular weight is 255 g/mol. The summed E-state index contributed by atoms with van der Waals surface area (Å²) in [6.07, 6.45) is 1.69. The number of ether oxygens (including phenoxy) is 1. The van der Waals surface area contributed by atoms with Gasteiger partial charge in [-0.25, -0.2) is 0 Å². The minimum absolute atomic E-state index is 0.00933. The molecule has 2 bridgehead atoms. The van der Waals surface area contributed by atoms with Gasteiger partial charge in [-0.15, -0.1) is 0 Å². The first-order valence-corrected chi connectivity index (χ1v) is 6.64. The van der Waals surface area contributed by atoms with Crippen LogP contribution in [-0.4, -0.2) is 65.9 Å². The third kappa shape index (κ3) is 1.93. The lowest BCUT2D eigenvalue weighted by Crippen LogP contribution is -2.50. The molecule has 0 aromatic rings. The van der Waals surface area contributed by atoms with Crippen molar-refractivity contribution in [2.45, 2.75) is 36.5 Å². The van der Waals surface area contributed by atoms with E-state index in [1.807, 2.05) is 0 Å². The molecule has 6 heteroatoms. The Hall–Kier alpha value is -0.690. The summed E-state index contributed by atoms with van der Waals surface area (Å²) in [4.78, 5) is 14.4. The SMILES string of the molecule is NC12CCC(C(=O)N3CCNCC(O)C3)(C1)OC2. The van der Waals surface area contributed by atoms with Gasteiger partial charge in [-0.3, -0.25) is 4.79 Å². The zero-order valence-corrected chi connectivity index (χ0v) is 10.5. The monoisotopic (exact) mass is 255 g/mol. The van der Waals surface area contributed by atoms with Gasteiger partial charge < -0.3 is 25.8 Å². The number of β-amino-alcohol motifs (C(OH)–C–C–N with tert-alkyl or cyclic N) is 1. The highest BCUT2D eigenvalue weighted by Crippen LogP contribution is 2.46. The molecular weight excluding hydrogens is 234 g/mol. The number of aliphatic hydroxyl groups excluding tert-OH is 1. The Bertz CT molecular complexity index is 352. The summed E-state index contributed by atoms with van der Waals surface area (Å²) in [5.41, 5.74) is 5.14. The summed E-state index contributed by atoms with van der Waals surface area (Å²) in [5.74, 6) is 0.00933. The van der Waals surface area contributed by atoms with E-state index in [1.54, 1.807) is 4.90 Å². The maximum Gasteiger partial charge on any atom is 0.255 e. The van der Waals surface area contributed by atoms with E-state index >= 15 is 0 Å². The van der Waals surface area contributed by atoms with Crippen molar-refractivity contribution in [3.8, 4) is 0 Å². The highest BCUT2D eigenvalue weighted by Gasteiger charge is 2.59. The van der Waals surface area contributed by atoms with Crippen molar-refractivity contribution in [2.75, 3.05) is 32.8 Å². The second-order valence-electron chi connectivity index (χ2n) is 5.93. The summed E-state index contributed by atoms with van der Waals surface area (Å²) < 4.78 is 5.72. The highest BCUT2D eigenvalue weighted by atomic mass is 16.5. The third-order valence-corrected chi connectivity index (χ3v) is 4.35. The molecule has 6 nitrogen and oxygen atoms in total. The van der Waals surface area contributed by atoms with Crippen molar-refractivity contribution in [3.05, 3.63) is 0 Å². The van der Waals surface area contributed by atoms with E-state index in [4.69, 9.17) is 10.5 Å². The predicted octanol–water partition coefficient (Wildman–Crippen LogP) is -1.57. The maximum absolute atomic E-state index is 12.6. The van der Waals surface area contributed by atoms with Crippen molar-refractivity contribution < 1.29 is 14.6 Å². The van der Waals surface area contributed by atoms with Crippen LogP contribution in [0.25, 0.3) is 0 Å². The Morgan fingerprint density at radius 2 is 2.33 bits per heavy atom. The second kappa shape index (κ2) is 4.16. The normalized spacial score (nSPS) is 44.1. The number of rotatable bonds is 1. The Morgan fingerprint density at radius 3 is 2.94 bits per heavy atom. The highest BCUT2D eigenvalue weighted by molar-refractivity contribution is 5.86. The lowest BCUT2D eigenvalue weighted by molar-refractivity contribution is -0.155. The second-order valence-corrected chi connectivity index (χ2v) is 5.93. The predicted molar refractivity (Wildman–Crippen MR) is 64.9 cm³/mol. The number of hydrogen-bond donors (Lipinski definition) is 3. The van der Waals surface area contributed by atoms with Gasteiger partial charge in [0, 0.05) is 38.1 Å². The van der Waals surface area contributed by atoms with E-state index < -0.39 is 11.7 Å². The molecule has 4 N–H and O–H groups in total. The molecule has 2 saturated heterocycles. The van der Waals surface area contributed by atoms with E-state index in [9.17, 15) is 9.90 Å². The molecule has 0 aromatic carbocycles. The molecule has 0 spiro atoms. The van der Waals surface area contributed by atoms with Gasteiger partial charge in [-0.05, 0) is 12.8 Å². The van der Waals surface area contributed by atoms with E-state index in [0.717, 1.165) is 6.42 Å². The zero-order valence-electron chi connectivity index (χ0n) is 10.5. The third-order valence-electron chi connectivity index (χ3n) is 4.35. The maximum atomic E-state index is 12.6. The molecule has 3 rings (SSSR count). The van der Waals surface area contributed by atoms with Gasteiger partial charge in [0.05, 0.1) is 12.7 Å². The van der Waals surface area contributed by atoms with Crippen LogP contribution in [0.4, 0.5) is 0 Å². The van der Waals surface area contributed by atoms with Crippen LogP contribution in [0, 0.1) is 0 Å². The van der Waals surface area contributed by atoms with Crippen molar-refractivity contribution >= 4 is 5.91 Å². The van der Waals surface area contributed by atoms with Crippen molar-refractivity contribution in [1.29, 1.82) is 0 Å². The summed E-state index contributed by atoms with van der Waals surface area (Å²) >= 11 is 0. The fourth-order valence-corrected chi connectivity index (χ4v) is 3.33. The summed E-state index contributed by atoms with van der Waals surface area (Å²) in [6.45, 7) is 2.74. The molecule has 3 fully saturated rings. The van der Waals surface area contributed by atoms with Crippen LogP contribution >= 0.6 is 0 Å². The molecule has 1 saturated carbocycles. The van der Waals surface area contributed by atoms with Gasteiger partial charge in [-0.2, -0.15) is 0 Å². The Morgan fingerprint density at radius 1 is 1.50 bits per heavy atom. The fourth-order valence-electron chi connectivity index (χ4n) is 3.33. The molecule has 2 aliphatic heterocycles. The lowest BCUT2D eigenvalue weighted by atomic mass is 9.98. The molecular formula is C12H21N3O3. The van der Waals surface area contributed by atoms with Crippen LogP contribution in [0.5, 0.6) is 0 Å². The molecule has 1 amide bonds. The molecule has 0 radical (unpaired) electrons. The number of amides is 1. The Labute approximate surface area is 106 Å². The van der Waals surface area contributed by atoms with Crippen molar-refractivity contribution in [1.82, 2.24) is 10.2 Å². The lowest BCUT2D eigenvalue weighted by Gasteiger charge is -2.32. The number of nitrogens with one attached hydrogen (secondary N) is 1. The molecule has 18 heavy (non-hydrogen) atoms. The summed E-state index contributed by atoms with van der Waals surface area (Å²) in [7, 11) is 0. The molecule has 3 atom stereocenters. The van der Waals surface area contributed by atoms with Crippen LogP contribution in [-0.2, 0) is 9.53 Å².